The lowest BCUT2D eigenvalue weighted by molar-refractivity contribution is -0.115. The van der Waals surface area contributed by atoms with Gasteiger partial charge in [0.15, 0.2) is 0 Å². The molecule has 112 valence electrons. The first-order valence-corrected chi connectivity index (χ1v) is 6.97. The summed E-state index contributed by atoms with van der Waals surface area (Å²) < 4.78 is 5.59. The molecule has 0 saturated carbocycles. The number of nitriles is 1. The Kier molecular flexibility index (Phi) is 5.82. The summed E-state index contributed by atoms with van der Waals surface area (Å²) in [6.07, 6.45) is -0.161. The Morgan fingerprint density at radius 3 is 2.45 bits per heavy atom. The quantitative estimate of drug-likeness (QED) is 0.770. The van der Waals surface area contributed by atoms with E-state index in [1.54, 1.807) is 6.07 Å². The zero-order chi connectivity index (χ0) is 15.6. The molecule has 5 heteroatoms. The number of rotatable bonds is 7. The highest BCUT2D eigenvalue weighted by Crippen LogP contribution is 2.20. The molecule has 0 unspecified atom stereocenters. The second-order valence-corrected chi connectivity index (χ2v) is 4.52. The Hall–Kier alpha value is -3.00. The Bertz CT molecular complexity index is 650. The van der Waals surface area contributed by atoms with Crippen molar-refractivity contribution in [1.82, 2.24) is 0 Å². The summed E-state index contributed by atoms with van der Waals surface area (Å²) >= 11 is 0. The van der Waals surface area contributed by atoms with Gasteiger partial charge in [0.2, 0.25) is 5.91 Å². The van der Waals surface area contributed by atoms with Gasteiger partial charge < -0.3 is 15.4 Å². The lowest BCUT2D eigenvalue weighted by Gasteiger charge is -2.13. The van der Waals surface area contributed by atoms with Gasteiger partial charge in [-0.1, -0.05) is 30.3 Å². The normalized spacial score (nSPS) is 9.59. The highest BCUT2D eigenvalue weighted by atomic mass is 16.5. The average Bonchev–Trinajstić information content (AvgIpc) is 2.54. The number of para-hydroxylation sites is 3. The van der Waals surface area contributed by atoms with Gasteiger partial charge in [0.05, 0.1) is 17.4 Å². The first kappa shape index (κ1) is 15.4. The summed E-state index contributed by atoms with van der Waals surface area (Å²) in [6.45, 7) is 1.10. The Labute approximate surface area is 129 Å². The van der Waals surface area contributed by atoms with E-state index in [1.807, 2.05) is 54.6 Å². The first-order valence-electron chi connectivity index (χ1n) is 6.97. The van der Waals surface area contributed by atoms with Crippen LogP contribution < -0.4 is 15.4 Å². The maximum atomic E-state index is 11.5. The van der Waals surface area contributed by atoms with Gasteiger partial charge >= 0.3 is 0 Å². The minimum absolute atomic E-state index is 0.161. The van der Waals surface area contributed by atoms with Crippen molar-refractivity contribution in [2.45, 2.75) is 6.42 Å². The molecule has 0 bridgehead atoms. The summed E-state index contributed by atoms with van der Waals surface area (Å²) in [5.74, 6) is 0.497. The number of hydrogen-bond acceptors (Lipinski definition) is 4. The van der Waals surface area contributed by atoms with E-state index in [1.165, 1.54) is 0 Å². The molecule has 0 radical (unpaired) electrons. The predicted octanol–water partition coefficient (Wildman–Crippen LogP) is 3.03. The van der Waals surface area contributed by atoms with E-state index >= 15 is 0 Å². The van der Waals surface area contributed by atoms with Crippen molar-refractivity contribution in [3.8, 4) is 11.8 Å². The maximum absolute atomic E-state index is 11.5. The zero-order valence-corrected chi connectivity index (χ0v) is 12.1. The molecule has 0 aliphatic carbocycles. The van der Waals surface area contributed by atoms with Crippen LogP contribution in [-0.2, 0) is 4.79 Å². The van der Waals surface area contributed by atoms with E-state index < -0.39 is 0 Å². The highest BCUT2D eigenvalue weighted by Gasteiger charge is 2.05. The summed E-state index contributed by atoms with van der Waals surface area (Å²) in [5, 5.41) is 14.4. The van der Waals surface area contributed by atoms with E-state index in [0.29, 0.717) is 18.8 Å². The van der Waals surface area contributed by atoms with Crippen LogP contribution in [-0.4, -0.2) is 19.1 Å². The van der Waals surface area contributed by atoms with Crippen molar-refractivity contribution >= 4 is 17.3 Å². The lowest BCUT2D eigenvalue weighted by atomic mass is 10.2. The third-order valence-electron chi connectivity index (χ3n) is 2.87. The van der Waals surface area contributed by atoms with Gasteiger partial charge in [0.25, 0.3) is 0 Å². The third kappa shape index (κ3) is 4.84. The Morgan fingerprint density at radius 1 is 1.05 bits per heavy atom. The van der Waals surface area contributed by atoms with Crippen molar-refractivity contribution in [3.05, 3.63) is 54.6 Å². The summed E-state index contributed by atoms with van der Waals surface area (Å²) in [4.78, 5) is 11.5. The number of amides is 1. The predicted molar refractivity (Wildman–Crippen MR) is 85.7 cm³/mol. The van der Waals surface area contributed by atoms with Crippen LogP contribution >= 0.6 is 0 Å². The molecular weight excluding hydrogens is 278 g/mol. The SMILES string of the molecule is N#CCC(=O)Nc1ccccc1NCCOc1ccccc1. The second kappa shape index (κ2) is 8.32. The van der Waals surface area contributed by atoms with Crippen LogP contribution in [0.25, 0.3) is 0 Å². The number of ether oxygens (including phenoxy) is 1. The van der Waals surface area contributed by atoms with Gasteiger partial charge in [0, 0.05) is 6.54 Å². The van der Waals surface area contributed by atoms with E-state index in [2.05, 4.69) is 10.6 Å². The van der Waals surface area contributed by atoms with E-state index in [-0.39, 0.29) is 12.3 Å². The number of hydrogen-bond donors (Lipinski definition) is 2. The Morgan fingerprint density at radius 2 is 1.73 bits per heavy atom. The molecule has 2 aromatic carbocycles. The van der Waals surface area contributed by atoms with Gasteiger partial charge in [-0.05, 0) is 24.3 Å². The van der Waals surface area contributed by atoms with Crippen LogP contribution in [0.5, 0.6) is 5.75 Å². The highest BCUT2D eigenvalue weighted by molar-refractivity contribution is 5.95. The topological polar surface area (TPSA) is 74.2 Å². The molecule has 2 N–H and O–H groups in total. The van der Waals surface area contributed by atoms with Gasteiger partial charge in [0.1, 0.15) is 18.8 Å². The van der Waals surface area contributed by atoms with Crippen molar-refractivity contribution in [3.63, 3.8) is 0 Å². The fourth-order valence-electron chi connectivity index (χ4n) is 1.88. The van der Waals surface area contributed by atoms with Gasteiger partial charge in [-0.3, -0.25) is 4.79 Å². The molecule has 5 nitrogen and oxygen atoms in total. The van der Waals surface area contributed by atoms with Crippen LogP contribution in [0.15, 0.2) is 54.6 Å². The minimum Gasteiger partial charge on any atom is -0.492 e. The summed E-state index contributed by atoms with van der Waals surface area (Å²) in [6, 6.07) is 18.8. The number of nitrogens with one attached hydrogen (secondary N) is 2. The molecule has 0 saturated heterocycles. The molecule has 2 rings (SSSR count). The van der Waals surface area contributed by atoms with Crippen LogP contribution in [0, 0.1) is 11.3 Å². The van der Waals surface area contributed by atoms with Crippen molar-refractivity contribution < 1.29 is 9.53 Å². The molecular formula is C17H17N3O2. The summed E-state index contributed by atoms with van der Waals surface area (Å²) in [5.41, 5.74) is 1.45. The summed E-state index contributed by atoms with van der Waals surface area (Å²) in [7, 11) is 0. The molecule has 0 heterocycles. The molecule has 0 aromatic heterocycles. The molecule has 0 aliphatic rings. The molecule has 1 amide bonds. The van der Waals surface area contributed by atoms with Gasteiger partial charge in [-0.25, -0.2) is 0 Å². The van der Waals surface area contributed by atoms with Crippen LogP contribution in [0.2, 0.25) is 0 Å². The van der Waals surface area contributed by atoms with Gasteiger partial charge in [-0.15, -0.1) is 0 Å². The van der Waals surface area contributed by atoms with Crippen LogP contribution in [0.4, 0.5) is 11.4 Å². The van der Waals surface area contributed by atoms with Crippen molar-refractivity contribution in [2.75, 3.05) is 23.8 Å². The number of benzene rings is 2. The van der Waals surface area contributed by atoms with Crippen LogP contribution in [0.1, 0.15) is 6.42 Å². The molecule has 0 aliphatic heterocycles. The third-order valence-corrected chi connectivity index (χ3v) is 2.87. The lowest BCUT2D eigenvalue weighted by Crippen LogP contribution is -2.15. The van der Waals surface area contributed by atoms with Crippen molar-refractivity contribution in [2.24, 2.45) is 0 Å². The first-order chi connectivity index (χ1) is 10.8. The van der Waals surface area contributed by atoms with Crippen LogP contribution in [0.3, 0.4) is 0 Å². The number of carbonyl (C=O) groups is 1. The van der Waals surface area contributed by atoms with E-state index in [9.17, 15) is 4.79 Å². The maximum Gasteiger partial charge on any atom is 0.238 e. The monoisotopic (exact) mass is 295 g/mol. The molecule has 0 spiro atoms. The van der Waals surface area contributed by atoms with Gasteiger partial charge in [-0.2, -0.15) is 5.26 Å². The molecule has 2 aromatic rings. The van der Waals surface area contributed by atoms with Crippen molar-refractivity contribution in [1.29, 1.82) is 5.26 Å². The average molecular weight is 295 g/mol. The molecule has 0 atom stereocenters. The molecule has 0 fully saturated rings. The zero-order valence-electron chi connectivity index (χ0n) is 12.1. The fraction of sp³-hybridized carbons (Fsp3) is 0.176. The van der Waals surface area contributed by atoms with E-state index in [4.69, 9.17) is 10.00 Å². The fourth-order valence-corrected chi connectivity index (χ4v) is 1.88. The standard InChI is InChI=1S/C17H17N3O2/c18-11-10-17(21)20-16-9-5-4-8-15(16)19-12-13-22-14-6-2-1-3-7-14/h1-9,19H,10,12-13H2,(H,20,21). The molecule has 22 heavy (non-hydrogen) atoms. The van der Waals surface area contributed by atoms with E-state index in [0.717, 1.165) is 11.4 Å². The smallest absolute Gasteiger partial charge is 0.238 e. The number of anilines is 2. The minimum atomic E-state index is -0.322. The number of carbonyl (C=O) groups excluding carboxylic acids is 1. The Balaban J connectivity index is 1.85. The second-order valence-electron chi connectivity index (χ2n) is 4.52. The number of nitrogens with zero attached hydrogens (tertiary/aromatic N) is 1. The largest absolute Gasteiger partial charge is 0.492 e.